The van der Waals surface area contributed by atoms with Crippen molar-refractivity contribution in [1.29, 1.82) is 0 Å². The van der Waals surface area contributed by atoms with Gasteiger partial charge in [0.1, 0.15) is 6.04 Å². The molecular formula is C34H38N6O3S. The second-order valence-corrected chi connectivity index (χ2v) is 13.0. The topological polar surface area (TPSA) is 99.6 Å². The number of carbonyl (C=O) groups is 2. The standard InChI is InChI=1S/C34H38N6O3S/c1-21-25(10-7-11-26(21)37-32(41)29-19-23-9-5-6-12-28(23)44-29)27-20-39(4)34(43)31(36-27)35-24-15-13-22(14-16-24)30(33(42)38(2)3)40-17-8-18-40/h7,10-11,13-16,19-20,30H,5-6,8-9,12,17-18H2,1-4H3,(H,35,36)(H,37,41). The Morgan fingerprint density at radius 3 is 2.45 bits per heavy atom. The van der Waals surface area contributed by atoms with Gasteiger partial charge in [0.15, 0.2) is 5.82 Å². The lowest BCUT2D eigenvalue weighted by molar-refractivity contribution is -0.136. The molecule has 0 spiro atoms. The molecule has 228 valence electrons. The lowest BCUT2D eigenvalue weighted by Crippen LogP contribution is -2.46. The molecule has 2 N–H and O–H groups in total. The first kappa shape index (κ1) is 29.8. The fraction of sp³-hybridized carbons (Fsp3) is 0.353. The van der Waals surface area contributed by atoms with Crippen molar-refractivity contribution in [2.24, 2.45) is 7.05 Å². The number of nitrogens with zero attached hydrogens (tertiary/aromatic N) is 4. The monoisotopic (exact) mass is 610 g/mol. The molecule has 9 nitrogen and oxygen atoms in total. The van der Waals surface area contributed by atoms with Crippen LogP contribution in [0.4, 0.5) is 17.2 Å². The highest BCUT2D eigenvalue weighted by Gasteiger charge is 2.32. The quantitative estimate of drug-likeness (QED) is 0.272. The molecule has 1 atom stereocenters. The van der Waals surface area contributed by atoms with Gasteiger partial charge in [-0.3, -0.25) is 19.3 Å². The average molecular weight is 611 g/mol. The molecule has 2 aliphatic rings. The summed E-state index contributed by atoms with van der Waals surface area (Å²) in [5.74, 6) is 0.142. The molecule has 1 fully saturated rings. The van der Waals surface area contributed by atoms with Crippen LogP contribution in [0.3, 0.4) is 0 Å². The molecule has 1 aliphatic heterocycles. The number of fused-ring (bicyclic) bond motifs is 1. The summed E-state index contributed by atoms with van der Waals surface area (Å²) in [4.78, 5) is 49.8. The minimum atomic E-state index is -0.317. The summed E-state index contributed by atoms with van der Waals surface area (Å²) < 4.78 is 1.51. The Morgan fingerprint density at radius 2 is 1.77 bits per heavy atom. The first-order valence-electron chi connectivity index (χ1n) is 15.1. The lowest BCUT2D eigenvalue weighted by atomic mass is 9.99. The van der Waals surface area contributed by atoms with Crippen LogP contribution < -0.4 is 16.2 Å². The zero-order chi connectivity index (χ0) is 31.0. The summed E-state index contributed by atoms with van der Waals surface area (Å²) in [7, 11) is 5.26. The van der Waals surface area contributed by atoms with E-state index in [4.69, 9.17) is 4.98 Å². The van der Waals surface area contributed by atoms with E-state index in [1.165, 1.54) is 27.8 Å². The Bertz CT molecular complexity index is 1750. The largest absolute Gasteiger partial charge is 0.347 e. The van der Waals surface area contributed by atoms with Crippen molar-refractivity contribution < 1.29 is 9.59 Å². The van der Waals surface area contributed by atoms with Gasteiger partial charge in [-0.2, -0.15) is 0 Å². The fourth-order valence-corrected chi connectivity index (χ4v) is 7.04. The van der Waals surface area contributed by atoms with Crippen molar-refractivity contribution in [1.82, 2.24) is 19.4 Å². The van der Waals surface area contributed by atoms with E-state index in [0.717, 1.165) is 53.9 Å². The molecule has 3 heterocycles. The summed E-state index contributed by atoms with van der Waals surface area (Å²) in [6, 6.07) is 15.1. The molecule has 1 aliphatic carbocycles. The fourth-order valence-electron chi connectivity index (χ4n) is 5.89. The number of likely N-dealkylation sites (tertiary alicyclic amines) is 1. The predicted octanol–water partition coefficient (Wildman–Crippen LogP) is 5.53. The van der Waals surface area contributed by atoms with E-state index in [0.29, 0.717) is 17.1 Å². The SMILES string of the molecule is Cc1c(NC(=O)c2cc3c(s2)CCCC3)cccc1-c1cn(C)c(=O)c(Nc2ccc(C(C(=O)N(C)C)N3CCC3)cc2)n1. The molecule has 2 aromatic heterocycles. The Balaban J connectivity index is 1.23. The third-order valence-corrected chi connectivity index (χ3v) is 9.80. The lowest BCUT2D eigenvalue weighted by Gasteiger charge is -2.38. The Morgan fingerprint density at radius 1 is 1.02 bits per heavy atom. The molecule has 10 heteroatoms. The molecular weight excluding hydrogens is 572 g/mol. The number of thiophene rings is 1. The molecule has 0 radical (unpaired) electrons. The Hall–Kier alpha value is -4.28. The van der Waals surface area contributed by atoms with Gasteiger partial charge in [0.05, 0.1) is 10.6 Å². The number of nitrogens with one attached hydrogen (secondary N) is 2. The van der Waals surface area contributed by atoms with Crippen LogP contribution in [0, 0.1) is 6.92 Å². The number of hydrogen-bond donors (Lipinski definition) is 2. The van der Waals surface area contributed by atoms with E-state index in [1.54, 1.807) is 43.6 Å². The van der Waals surface area contributed by atoms with Gasteiger partial charge < -0.3 is 20.1 Å². The smallest absolute Gasteiger partial charge is 0.293 e. The highest BCUT2D eigenvalue weighted by molar-refractivity contribution is 7.14. The summed E-state index contributed by atoms with van der Waals surface area (Å²) in [5.41, 5.74) is 5.67. The Kier molecular flexibility index (Phi) is 8.38. The van der Waals surface area contributed by atoms with Crippen LogP contribution in [0.5, 0.6) is 0 Å². The summed E-state index contributed by atoms with van der Waals surface area (Å²) in [5, 5.41) is 6.29. The minimum absolute atomic E-state index is 0.0527. The van der Waals surface area contributed by atoms with Crippen LogP contribution in [-0.2, 0) is 24.7 Å². The van der Waals surface area contributed by atoms with Crippen molar-refractivity contribution in [3.05, 3.63) is 91.5 Å². The van der Waals surface area contributed by atoms with E-state index in [9.17, 15) is 14.4 Å². The first-order chi connectivity index (χ1) is 21.2. The normalized spacial score (nSPS) is 15.2. The first-order valence-corrected chi connectivity index (χ1v) is 15.9. The minimum Gasteiger partial charge on any atom is -0.347 e. The number of rotatable bonds is 8. The number of likely N-dealkylation sites (N-methyl/N-ethyl adjacent to an activating group) is 1. The van der Waals surface area contributed by atoms with Crippen LogP contribution >= 0.6 is 11.3 Å². The maximum atomic E-state index is 13.2. The molecule has 4 aromatic rings. The number of carbonyl (C=O) groups excluding carboxylic acids is 2. The van der Waals surface area contributed by atoms with Crippen LogP contribution in [0.2, 0.25) is 0 Å². The number of anilines is 3. The van der Waals surface area contributed by atoms with Gasteiger partial charge >= 0.3 is 0 Å². The second kappa shape index (κ2) is 12.4. The number of amides is 2. The van der Waals surface area contributed by atoms with Crippen molar-refractivity contribution in [3.8, 4) is 11.3 Å². The highest BCUT2D eigenvalue weighted by atomic mass is 32.1. The summed E-state index contributed by atoms with van der Waals surface area (Å²) in [6.45, 7) is 3.75. The van der Waals surface area contributed by atoms with E-state index < -0.39 is 0 Å². The van der Waals surface area contributed by atoms with Gasteiger partial charge in [-0.15, -0.1) is 11.3 Å². The van der Waals surface area contributed by atoms with E-state index >= 15 is 0 Å². The number of aromatic nitrogens is 2. The van der Waals surface area contributed by atoms with Crippen molar-refractivity contribution >= 4 is 40.3 Å². The van der Waals surface area contributed by atoms with Crippen LogP contribution in [0.15, 0.2) is 59.5 Å². The molecule has 44 heavy (non-hydrogen) atoms. The third-order valence-electron chi connectivity index (χ3n) is 8.57. The predicted molar refractivity (Wildman–Crippen MR) is 176 cm³/mol. The molecule has 0 saturated carbocycles. The average Bonchev–Trinajstić information content (AvgIpc) is 3.43. The van der Waals surface area contributed by atoms with Crippen molar-refractivity contribution in [3.63, 3.8) is 0 Å². The molecule has 2 amide bonds. The third kappa shape index (κ3) is 5.92. The zero-order valence-electron chi connectivity index (χ0n) is 25.6. The Labute approximate surface area is 261 Å². The van der Waals surface area contributed by atoms with Gasteiger partial charge in [-0.05, 0) is 80.0 Å². The van der Waals surface area contributed by atoms with Crippen molar-refractivity contribution in [2.75, 3.05) is 37.8 Å². The van der Waals surface area contributed by atoms with Gasteiger partial charge in [0.25, 0.3) is 11.5 Å². The number of aryl methyl sites for hydroxylation is 3. The zero-order valence-corrected chi connectivity index (χ0v) is 26.5. The van der Waals surface area contributed by atoms with Gasteiger partial charge in [0.2, 0.25) is 5.91 Å². The van der Waals surface area contributed by atoms with Gasteiger partial charge in [-0.25, -0.2) is 4.98 Å². The molecule has 0 bridgehead atoms. The highest BCUT2D eigenvalue weighted by Crippen LogP contribution is 2.33. The van der Waals surface area contributed by atoms with Crippen molar-refractivity contribution in [2.45, 2.75) is 45.1 Å². The number of hydrogen-bond acceptors (Lipinski definition) is 7. The van der Waals surface area contributed by atoms with Gasteiger partial charge in [-0.1, -0.05) is 24.3 Å². The maximum Gasteiger partial charge on any atom is 0.293 e. The molecule has 1 saturated heterocycles. The summed E-state index contributed by atoms with van der Waals surface area (Å²) >= 11 is 1.59. The van der Waals surface area contributed by atoms with Crippen LogP contribution in [0.1, 0.15) is 56.5 Å². The van der Waals surface area contributed by atoms with Crippen LogP contribution in [0.25, 0.3) is 11.3 Å². The summed E-state index contributed by atoms with van der Waals surface area (Å²) in [6.07, 6.45) is 7.26. The van der Waals surface area contributed by atoms with E-state index in [2.05, 4.69) is 15.5 Å². The maximum absolute atomic E-state index is 13.2. The van der Waals surface area contributed by atoms with Crippen LogP contribution in [-0.4, -0.2) is 58.4 Å². The van der Waals surface area contributed by atoms with Gasteiger partial charge in [0, 0.05) is 62.2 Å². The van der Waals surface area contributed by atoms with E-state index in [1.807, 2.05) is 55.5 Å². The molecule has 2 aromatic carbocycles. The second-order valence-electron chi connectivity index (χ2n) is 11.9. The van der Waals surface area contributed by atoms with E-state index in [-0.39, 0.29) is 29.2 Å². The molecule has 1 unspecified atom stereocenters. The molecule has 6 rings (SSSR count). The number of benzene rings is 2.